The summed E-state index contributed by atoms with van der Waals surface area (Å²) < 4.78 is 57.6. The van der Waals surface area contributed by atoms with E-state index in [4.69, 9.17) is 0 Å². The highest BCUT2D eigenvalue weighted by Gasteiger charge is 2.30. The lowest BCUT2D eigenvalue weighted by Gasteiger charge is -2.07. The minimum atomic E-state index is -3.74. The highest BCUT2D eigenvalue weighted by Crippen LogP contribution is 2.22. The van der Waals surface area contributed by atoms with Crippen molar-refractivity contribution in [1.29, 1.82) is 0 Å². The Morgan fingerprint density at radius 2 is 1.75 bits per heavy atom. The van der Waals surface area contributed by atoms with Gasteiger partial charge in [-0.2, -0.15) is 0 Å². The SMILES string of the molecule is O=C(COC(=O)CN=C1NS(=O)(=O)c2ccccc21)Nc1c(F)cccc1F. The summed E-state index contributed by atoms with van der Waals surface area (Å²) in [5.74, 6) is -3.85. The van der Waals surface area contributed by atoms with Gasteiger partial charge in [0.2, 0.25) is 0 Å². The molecule has 0 bridgehead atoms. The van der Waals surface area contributed by atoms with Gasteiger partial charge in [-0.05, 0) is 24.3 Å². The number of anilines is 1. The number of fused-ring (bicyclic) bond motifs is 1. The molecule has 28 heavy (non-hydrogen) atoms. The quantitative estimate of drug-likeness (QED) is 0.720. The number of amides is 1. The van der Waals surface area contributed by atoms with Crippen molar-refractivity contribution >= 4 is 33.4 Å². The molecule has 0 radical (unpaired) electrons. The first-order chi connectivity index (χ1) is 13.3. The number of rotatable bonds is 5. The van der Waals surface area contributed by atoms with Crippen molar-refractivity contribution in [3.05, 3.63) is 59.7 Å². The highest BCUT2D eigenvalue weighted by molar-refractivity contribution is 7.90. The van der Waals surface area contributed by atoms with E-state index in [0.29, 0.717) is 5.56 Å². The summed E-state index contributed by atoms with van der Waals surface area (Å²) in [6.45, 7) is -1.35. The first kappa shape index (κ1) is 19.4. The van der Waals surface area contributed by atoms with E-state index in [0.717, 1.165) is 18.2 Å². The second-order valence-electron chi connectivity index (χ2n) is 5.57. The summed E-state index contributed by atoms with van der Waals surface area (Å²) in [7, 11) is -3.74. The normalized spacial score (nSPS) is 15.6. The number of carbonyl (C=O) groups excluding carboxylic acids is 2. The zero-order valence-corrected chi connectivity index (χ0v) is 14.9. The molecule has 3 rings (SSSR count). The zero-order chi connectivity index (χ0) is 20.3. The van der Waals surface area contributed by atoms with Crippen molar-refractivity contribution < 1.29 is 31.5 Å². The van der Waals surface area contributed by atoms with Gasteiger partial charge in [0.25, 0.3) is 15.9 Å². The van der Waals surface area contributed by atoms with E-state index < -0.39 is 52.4 Å². The maximum atomic E-state index is 13.5. The van der Waals surface area contributed by atoms with Gasteiger partial charge in [0.05, 0.1) is 4.90 Å². The Bertz CT molecular complexity index is 1070. The van der Waals surface area contributed by atoms with E-state index in [1.807, 2.05) is 5.32 Å². The number of hydrogen-bond acceptors (Lipinski definition) is 6. The third-order valence-electron chi connectivity index (χ3n) is 3.62. The van der Waals surface area contributed by atoms with Crippen molar-refractivity contribution in [3.8, 4) is 0 Å². The average molecular weight is 409 g/mol. The zero-order valence-electron chi connectivity index (χ0n) is 14.1. The Kier molecular flexibility index (Phi) is 5.36. The fourth-order valence-electron chi connectivity index (χ4n) is 2.38. The summed E-state index contributed by atoms with van der Waals surface area (Å²) in [6.07, 6.45) is 0. The van der Waals surface area contributed by atoms with E-state index in [2.05, 4.69) is 14.5 Å². The smallest absolute Gasteiger partial charge is 0.328 e. The number of benzene rings is 2. The third kappa shape index (κ3) is 4.14. The minimum absolute atomic E-state index is 0.0228. The number of carbonyl (C=O) groups is 2. The van der Waals surface area contributed by atoms with Gasteiger partial charge in [-0.15, -0.1) is 0 Å². The Hall–Kier alpha value is -3.34. The van der Waals surface area contributed by atoms with Gasteiger partial charge >= 0.3 is 5.97 Å². The Morgan fingerprint density at radius 3 is 2.46 bits per heavy atom. The van der Waals surface area contributed by atoms with Crippen LogP contribution in [0.5, 0.6) is 0 Å². The van der Waals surface area contributed by atoms with E-state index in [1.165, 1.54) is 12.1 Å². The maximum Gasteiger partial charge on any atom is 0.328 e. The number of nitrogens with one attached hydrogen (secondary N) is 2. The lowest BCUT2D eigenvalue weighted by molar-refractivity contribution is -0.145. The Balaban J connectivity index is 1.57. The average Bonchev–Trinajstić information content (AvgIpc) is 2.92. The monoisotopic (exact) mass is 409 g/mol. The fraction of sp³-hybridized carbons (Fsp3) is 0.118. The maximum absolute atomic E-state index is 13.5. The van der Waals surface area contributed by atoms with Crippen LogP contribution in [0, 0.1) is 11.6 Å². The van der Waals surface area contributed by atoms with Crippen molar-refractivity contribution in [2.45, 2.75) is 4.90 Å². The Labute approximate surface area is 158 Å². The molecule has 2 aromatic carbocycles. The van der Waals surface area contributed by atoms with Crippen molar-refractivity contribution in [2.75, 3.05) is 18.5 Å². The molecule has 0 atom stereocenters. The summed E-state index contributed by atoms with van der Waals surface area (Å²) in [6, 6.07) is 9.13. The number of sulfonamides is 1. The van der Waals surface area contributed by atoms with Crippen LogP contribution in [0.3, 0.4) is 0 Å². The lowest BCUT2D eigenvalue weighted by Crippen LogP contribution is -2.25. The molecule has 1 aliphatic rings. The topological polar surface area (TPSA) is 114 Å². The molecule has 11 heteroatoms. The second kappa shape index (κ2) is 7.72. The summed E-state index contributed by atoms with van der Waals surface area (Å²) in [5, 5.41) is 1.96. The predicted octanol–water partition coefficient (Wildman–Crippen LogP) is 1.19. The molecule has 2 aromatic rings. The van der Waals surface area contributed by atoms with Gasteiger partial charge in [0, 0.05) is 5.56 Å². The minimum Gasteiger partial charge on any atom is -0.454 e. The van der Waals surface area contributed by atoms with E-state index in [-0.39, 0.29) is 10.7 Å². The number of amidine groups is 1. The highest BCUT2D eigenvalue weighted by atomic mass is 32.2. The molecule has 0 aromatic heterocycles. The van der Waals surface area contributed by atoms with Gasteiger partial charge in [0.15, 0.2) is 6.61 Å². The third-order valence-corrected chi connectivity index (χ3v) is 5.02. The molecule has 0 spiro atoms. The number of para-hydroxylation sites is 1. The van der Waals surface area contributed by atoms with E-state index in [9.17, 15) is 26.8 Å². The second-order valence-corrected chi connectivity index (χ2v) is 7.22. The number of ether oxygens (including phenoxy) is 1. The van der Waals surface area contributed by atoms with Crippen LogP contribution in [-0.4, -0.2) is 39.3 Å². The first-order valence-electron chi connectivity index (χ1n) is 7.84. The van der Waals surface area contributed by atoms with Gasteiger partial charge < -0.3 is 10.1 Å². The number of esters is 1. The molecule has 1 amide bonds. The largest absolute Gasteiger partial charge is 0.454 e. The fourth-order valence-corrected chi connectivity index (χ4v) is 3.63. The molecule has 1 heterocycles. The van der Waals surface area contributed by atoms with Gasteiger partial charge in [-0.3, -0.25) is 19.3 Å². The molecule has 2 N–H and O–H groups in total. The number of hydrogen-bond donors (Lipinski definition) is 2. The van der Waals surface area contributed by atoms with Gasteiger partial charge in [-0.25, -0.2) is 17.2 Å². The van der Waals surface area contributed by atoms with Crippen molar-refractivity contribution in [1.82, 2.24) is 4.72 Å². The van der Waals surface area contributed by atoms with Crippen LogP contribution >= 0.6 is 0 Å². The molecule has 0 fully saturated rings. The van der Waals surface area contributed by atoms with Crippen molar-refractivity contribution in [2.24, 2.45) is 4.99 Å². The molecule has 0 aliphatic carbocycles. The summed E-state index contributed by atoms with van der Waals surface area (Å²) in [4.78, 5) is 27.3. The lowest BCUT2D eigenvalue weighted by atomic mass is 10.2. The number of aliphatic imine (C=N–C) groups is 1. The molecule has 0 saturated heterocycles. The van der Waals surface area contributed by atoms with E-state index >= 15 is 0 Å². The number of halogens is 2. The standard InChI is InChI=1S/C17H13F2N3O5S/c18-11-5-3-6-12(19)16(11)21-14(23)9-27-15(24)8-20-17-10-4-1-2-7-13(10)28(25,26)22-17/h1-7H,8-9H2,(H,20,22)(H,21,23). The predicted molar refractivity (Wildman–Crippen MR) is 94.1 cm³/mol. The molecule has 0 unspecified atom stereocenters. The molecule has 0 saturated carbocycles. The molecule has 8 nitrogen and oxygen atoms in total. The van der Waals surface area contributed by atoms with Crippen LogP contribution in [0.2, 0.25) is 0 Å². The number of nitrogens with zero attached hydrogens (tertiary/aromatic N) is 1. The summed E-state index contributed by atoms with van der Waals surface area (Å²) >= 11 is 0. The molecular formula is C17H13F2N3O5S. The summed E-state index contributed by atoms with van der Waals surface area (Å²) in [5.41, 5.74) is -0.344. The van der Waals surface area contributed by atoms with Crippen LogP contribution < -0.4 is 10.0 Å². The Morgan fingerprint density at radius 1 is 1.07 bits per heavy atom. The van der Waals surface area contributed by atoms with E-state index in [1.54, 1.807) is 12.1 Å². The first-order valence-corrected chi connectivity index (χ1v) is 9.32. The molecular weight excluding hydrogens is 396 g/mol. The van der Waals surface area contributed by atoms with Crippen molar-refractivity contribution in [3.63, 3.8) is 0 Å². The van der Waals surface area contributed by atoms with Crippen LogP contribution in [0.4, 0.5) is 14.5 Å². The van der Waals surface area contributed by atoms with Crippen LogP contribution in [0.1, 0.15) is 5.56 Å². The van der Waals surface area contributed by atoms with Crippen LogP contribution in [-0.2, 0) is 24.3 Å². The van der Waals surface area contributed by atoms with Crippen LogP contribution in [0.15, 0.2) is 52.4 Å². The van der Waals surface area contributed by atoms with Gasteiger partial charge in [0.1, 0.15) is 29.7 Å². The molecule has 1 aliphatic heterocycles. The van der Waals surface area contributed by atoms with Crippen LogP contribution in [0.25, 0.3) is 0 Å². The molecule has 146 valence electrons. The van der Waals surface area contributed by atoms with Gasteiger partial charge in [-0.1, -0.05) is 18.2 Å².